The van der Waals surface area contributed by atoms with Crippen LogP contribution in [0.5, 0.6) is 0 Å². The van der Waals surface area contributed by atoms with Gasteiger partial charge in [0.25, 0.3) is 0 Å². The molecule has 0 radical (unpaired) electrons. The van der Waals surface area contributed by atoms with Gasteiger partial charge in [0, 0.05) is 0 Å². The van der Waals surface area contributed by atoms with Crippen molar-refractivity contribution in [3.05, 3.63) is 35.4 Å². The third kappa shape index (κ3) is 4.45. The average molecular weight is 288 g/mol. The summed E-state index contributed by atoms with van der Waals surface area (Å²) in [5.41, 5.74) is 2.14. The third-order valence-corrected chi connectivity index (χ3v) is 3.54. The normalized spacial score (nSPS) is 14.2. The summed E-state index contributed by atoms with van der Waals surface area (Å²) >= 11 is 4.59. The van der Waals surface area contributed by atoms with Gasteiger partial charge in [-0.2, -0.15) is 0 Å². The molecule has 0 fully saturated rings. The lowest BCUT2D eigenvalue weighted by Crippen LogP contribution is -2.12. The van der Waals surface area contributed by atoms with Crippen molar-refractivity contribution in [3.63, 3.8) is 0 Å². The number of hydrogen-bond donors (Lipinski definition) is 2. The van der Waals surface area contributed by atoms with Crippen molar-refractivity contribution in [3.8, 4) is 0 Å². The van der Waals surface area contributed by atoms with E-state index in [1.807, 2.05) is 38.1 Å². The molecule has 102 valence electrons. The van der Waals surface area contributed by atoms with Gasteiger partial charge in [-0.05, 0) is 34.8 Å². The Hall–Kier alpha value is -0.250. The Balaban J connectivity index is 3.18. The number of rotatable bonds is 5. The lowest BCUT2D eigenvalue weighted by molar-refractivity contribution is 0.127. The van der Waals surface area contributed by atoms with Gasteiger partial charge in [0.2, 0.25) is 0 Å². The molecule has 18 heavy (non-hydrogen) atoms. The fourth-order valence-electron chi connectivity index (χ4n) is 1.98. The van der Waals surface area contributed by atoms with Crippen LogP contribution >= 0.6 is 6.72 Å². The first-order valence-electron chi connectivity index (χ1n) is 6.05. The van der Waals surface area contributed by atoms with Crippen LogP contribution in [0.25, 0.3) is 0 Å². The van der Waals surface area contributed by atoms with Gasteiger partial charge in [-0.1, -0.05) is 52.0 Å². The van der Waals surface area contributed by atoms with Gasteiger partial charge in [0.15, 0.2) is 0 Å². The lowest BCUT2D eigenvalue weighted by atomic mass is 9.90. The maximum absolute atomic E-state index is 9.39. The van der Waals surface area contributed by atoms with Crippen molar-refractivity contribution in [2.45, 2.75) is 39.7 Å². The van der Waals surface area contributed by atoms with Crippen LogP contribution in [0, 0.1) is 5.92 Å². The number of benzene rings is 1. The highest BCUT2D eigenvalue weighted by Gasteiger charge is 2.25. The van der Waals surface area contributed by atoms with E-state index in [9.17, 15) is 9.79 Å². The summed E-state index contributed by atoms with van der Waals surface area (Å²) in [6, 6.07) is 7.91. The van der Waals surface area contributed by atoms with Crippen molar-refractivity contribution >= 4 is 18.5 Å². The van der Waals surface area contributed by atoms with Crippen molar-refractivity contribution in [2.24, 2.45) is 5.92 Å². The van der Waals surface area contributed by atoms with E-state index in [-0.39, 0.29) is 12.0 Å². The fourth-order valence-corrected chi connectivity index (χ4v) is 2.91. The Labute approximate surface area is 114 Å². The zero-order valence-electron chi connectivity index (χ0n) is 11.2. The Morgan fingerprint density at radius 2 is 1.56 bits per heavy atom. The second-order valence-corrected chi connectivity index (χ2v) is 7.66. The summed E-state index contributed by atoms with van der Waals surface area (Å²) in [6.07, 6.45) is -0.385. The van der Waals surface area contributed by atoms with Gasteiger partial charge in [-0.3, -0.25) is 0 Å². The highest BCUT2D eigenvalue weighted by atomic mass is 32.5. The second-order valence-electron chi connectivity index (χ2n) is 5.04. The zero-order chi connectivity index (χ0) is 13.9. The zero-order valence-corrected chi connectivity index (χ0v) is 12.9. The van der Waals surface area contributed by atoms with Gasteiger partial charge in [0.05, 0.1) is 6.10 Å². The third-order valence-electron chi connectivity index (χ3n) is 2.78. The topological polar surface area (TPSA) is 49.7 Å². The summed E-state index contributed by atoms with van der Waals surface area (Å²) in [5, 5.41) is 0. The van der Waals surface area contributed by atoms with Crippen LogP contribution in [0.15, 0.2) is 24.3 Å². The molecule has 0 aromatic heterocycles. The summed E-state index contributed by atoms with van der Waals surface area (Å²) in [5.74, 6) is 0.466. The summed E-state index contributed by atoms with van der Waals surface area (Å²) in [7, 11) is 0. The molecule has 0 saturated carbocycles. The quantitative estimate of drug-likeness (QED) is 0.811. The van der Waals surface area contributed by atoms with E-state index < -0.39 is 6.72 Å². The van der Waals surface area contributed by atoms with Crippen LogP contribution in [0.4, 0.5) is 0 Å². The predicted octanol–water partition coefficient (Wildman–Crippen LogP) is 3.73. The van der Waals surface area contributed by atoms with Crippen LogP contribution in [0.3, 0.4) is 0 Å². The molecule has 3 nitrogen and oxygen atoms in total. The fraction of sp³-hybridized carbons (Fsp3) is 0.538. The lowest BCUT2D eigenvalue weighted by Gasteiger charge is -2.26. The molecule has 5 heteroatoms. The van der Waals surface area contributed by atoms with Crippen LogP contribution in [-0.4, -0.2) is 9.79 Å². The molecule has 0 aliphatic carbocycles. The van der Waals surface area contributed by atoms with E-state index >= 15 is 0 Å². The molecule has 1 aromatic rings. The molecular weight excluding hydrogens is 267 g/mol. The monoisotopic (exact) mass is 288 g/mol. The molecule has 1 aromatic carbocycles. The minimum atomic E-state index is -3.66. The van der Waals surface area contributed by atoms with Gasteiger partial charge >= 0.3 is 6.72 Å². The van der Waals surface area contributed by atoms with E-state index in [4.69, 9.17) is 4.52 Å². The summed E-state index contributed by atoms with van der Waals surface area (Å²) < 4.78 is 5.31. The van der Waals surface area contributed by atoms with Crippen molar-refractivity contribution in [2.75, 3.05) is 0 Å². The molecule has 0 saturated heterocycles. The summed E-state index contributed by atoms with van der Waals surface area (Å²) in [4.78, 5) is 18.8. The molecule has 2 N–H and O–H groups in total. The average Bonchev–Trinajstić information content (AvgIpc) is 2.24. The molecular formula is C13H21O3PS. The van der Waals surface area contributed by atoms with Crippen molar-refractivity contribution in [1.82, 2.24) is 0 Å². The molecule has 0 spiro atoms. The molecule has 0 amide bonds. The van der Waals surface area contributed by atoms with Gasteiger partial charge < -0.3 is 14.3 Å². The van der Waals surface area contributed by atoms with Crippen molar-refractivity contribution in [1.29, 1.82) is 0 Å². The van der Waals surface area contributed by atoms with Crippen molar-refractivity contribution < 1.29 is 14.3 Å². The predicted molar refractivity (Wildman–Crippen MR) is 77.9 cm³/mol. The summed E-state index contributed by atoms with van der Waals surface area (Å²) in [6.45, 7) is 4.50. The van der Waals surface area contributed by atoms with Crippen LogP contribution in [-0.2, 0) is 16.3 Å². The largest absolute Gasteiger partial charge is 0.325 e. The number of hydrogen-bond acceptors (Lipinski definition) is 2. The Bertz CT molecular complexity index is 440. The Kier molecular flexibility index (Phi) is 5.50. The highest BCUT2D eigenvalue weighted by Crippen LogP contribution is 2.46. The molecule has 0 aliphatic heterocycles. The maximum atomic E-state index is 9.39. The van der Waals surface area contributed by atoms with Gasteiger partial charge in [-0.15, -0.1) is 0 Å². The molecule has 1 unspecified atom stereocenters. The molecule has 1 rings (SSSR count). The standard InChI is InChI=1S/C13H21O3PS/c1-9(2)11-7-5-6-8-12(11)13(10(3)4)16-17(14,15)18/h5-10,13H,1-4H3,(H2,14,15,18). The molecule has 0 aliphatic rings. The van der Waals surface area contributed by atoms with Gasteiger partial charge in [-0.25, -0.2) is 0 Å². The van der Waals surface area contributed by atoms with E-state index in [1.54, 1.807) is 0 Å². The molecule has 0 bridgehead atoms. The van der Waals surface area contributed by atoms with Crippen LogP contribution in [0.2, 0.25) is 0 Å². The van der Waals surface area contributed by atoms with Crippen LogP contribution in [0.1, 0.15) is 50.8 Å². The second kappa shape index (κ2) is 6.27. The highest BCUT2D eigenvalue weighted by molar-refractivity contribution is 8.06. The smallest absolute Gasteiger partial charge is 0.322 e. The molecule has 1 atom stereocenters. The Morgan fingerprint density at radius 1 is 1.06 bits per heavy atom. The van der Waals surface area contributed by atoms with E-state index in [2.05, 4.69) is 25.7 Å². The Morgan fingerprint density at radius 3 is 1.94 bits per heavy atom. The SMILES string of the molecule is CC(C)c1ccccc1C(OP(O)(O)=S)C(C)C. The minimum absolute atomic E-state index is 0.117. The first-order valence-corrected chi connectivity index (χ1v) is 8.67. The van der Waals surface area contributed by atoms with E-state index in [0.717, 1.165) is 11.1 Å². The van der Waals surface area contributed by atoms with E-state index in [0.29, 0.717) is 5.92 Å². The van der Waals surface area contributed by atoms with E-state index in [1.165, 1.54) is 0 Å². The first kappa shape index (κ1) is 15.8. The molecule has 0 heterocycles. The van der Waals surface area contributed by atoms with Crippen LogP contribution < -0.4 is 0 Å². The minimum Gasteiger partial charge on any atom is -0.325 e. The van der Waals surface area contributed by atoms with Gasteiger partial charge in [0.1, 0.15) is 0 Å². The maximum Gasteiger partial charge on any atom is 0.322 e. The first-order chi connectivity index (χ1) is 8.22.